The second-order valence-corrected chi connectivity index (χ2v) is 8.23. The van der Waals surface area contributed by atoms with Crippen LogP contribution in [0, 0.1) is 0 Å². The third-order valence-corrected chi connectivity index (χ3v) is 4.32. The van der Waals surface area contributed by atoms with Gasteiger partial charge < -0.3 is 14.6 Å². The molecule has 0 bridgehead atoms. The maximum Gasteiger partial charge on any atom is 0.323 e. The van der Waals surface area contributed by atoms with Crippen LogP contribution in [0.25, 0.3) is 0 Å². The molecule has 1 aromatic rings. The van der Waals surface area contributed by atoms with Crippen LogP contribution in [0.2, 0.25) is 5.02 Å². The molecule has 158 valence electrons. The summed E-state index contributed by atoms with van der Waals surface area (Å²) in [5.74, 6) is -0.639. The lowest BCUT2D eigenvalue weighted by atomic mass is 9.94. The molecule has 0 heterocycles. The van der Waals surface area contributed by atoms with Crippen molar-refractivity contribution < 1.29 is 24.2 Å². The van der Waals surface area contributed by atoms with Gasteiger partial charge in [0.1, 0.15) is 11.6 Å². The number of hydrogen-bond acceptors (Lipinski definition) is 6. The highest BCUT2D eigenvalue weighted by Crippen LogP contribution is 2.23. The van der Waals surface area contributed by atoms with Crippen LogP contribution in [0.1, 0.15) is 58.4 Å². The summed E-state index contributed by atoms with van der Waals surface area (Å²) >= 11 is 5.93. The number of halogens is 1. The molecule has 0 aliphatic heterocycles. The summed E-state index contributed by atoms with van der Waals surface area (Å²) in [6.07, 6.45) is 1.61. The van der Waals surface area contributed by atoms with Crippen LogP contribution >= 0.6 is 11.6 Å². The van der Waals surface area contributed by atoms with E-state index < -0.39 is 23.6 Å². The van der Waals surface area contributed by atoms with Crippen LogP contribution in [-0.4, -0.2) is 48.4 Å². The van der Waals surface area contributed by atoms with Crippen molar-refractivity contribution in [1.82, 2.24) is 5.32 Å². The Balaban J connectivity index is 2.64. The molecule has 1 rings (SSSR count). The van der Waals surface area contributed by atoms with Gasteiger partial charge in [-0.15, -0.1) is 0 Å². The first kappa shape index (κ1) is 24.4. The average molecular weight is 414 g/mol. The predicted molar refractivity (Wildman–Crippen MR) is 109 cm³/mol. The van der Waals surface area contributed by atoms with Gasteiger partial charge in [-0.25, -0.2) is 0 Å². The van der Waals surface area contributed by atoms with Crippen LogP contribution in [0.5, 0.6) is 0 Å². The topological polar surface area (TPSA) is 84.9 Å². The van der Waals surface area contributed by atoms with E-state index in [0.717, 1.165) is 12.0 Å². The Kier molecular flexibility index (Phi) is 10.5. The number of ether oxygens (including phenoxy) is 2. The van der Waals surface area contributed by atoms with Gasteiger partial charge in [0.25, 0.3) is 0 Å². The second kappa shape index (κ2) is 12.0. The van der Waals surface area contributed by atoms with Crippen molar-refractivity contribution in [2.75, 3.05) is 19.8 Å². The quantitative estimate of drug-likeness (QED) is 0.427. The van der Waals surface area contributed by atoms with Gasteiger partial charge in [-0.05, 0) is 57.2 Å². The van der Waals surface area contributed by atoms with Gasteiger partial charge in [0, 0.05) is 18.1 Å². The van der Waals surface area contributed by atoms with Gasteiger partial charge in [-0.3, -0.25) is 14.9 Å². The number of nitrogens with one attached hydrogen (secondary N) is 1. The lowest BCUT2D eigenvalue weighted by Gasteiger charge is -2.22. The molecule has 0 radical (unpaired) electrons. The maximum absolute atomic E-state index is 12.4. The van der Waals surface area contributed by atoms with E-state index in [-0.39, 0.29) is 25.7 Å². The van der Waals surface area contributed by atoms with Gasteiger partial charge in [-0.2, -0.15) is 0 Å². The van der Waals surface area contributed by atoms with Crippen LogP contribution in [0.15, 0.2) is 24.3 Å². The first-order valence-electron chi connectivity index (χ1n) is 9.60. The van der Waals surface area contributed by atoms with Gasteiger partial charge in [0.15, 0.2) is 0 Å². The largest absolute Gasteiger partial charge is 0.464 e. The standard InChI is InChI=1S/C21H32ClNO5/c1-15(16-7-9-17(22)10-8-16)6-11-18(20(26)27-13-5-12-24)23-14-19(25)28-21(2,3)4/h7-10,15,18,23-24H,5-6,11-14H2,1-4H3. The van der Waals surface area contributed by atoms with E-state index in [4.69, 9.17) is 26.2 Å². The first-order valence-corrected chi connectivity index (χ1v) is 9.98. The molecule has 6 nitrogen and oxygen atoms in total. The lowest BCUT2D eigenvalue weighted by molar-refractivity contribution is -0.154. The minimum absolute atomic E-state index is 0.0448. The minimum atomic E-state index is -0.624. The van der Waals surface area contributed by atoms with Crippen LogP contribution in [0.4, 0.5) is 0 Å². The summed E-state index contributed by atoms with van der Waals surface area (Å²) in [5, 5.41) is 12.5. The van der Waals surface area contributed by atoms with Crippen molar-refractivity contribution in [3.05, 3.63) is 34.9 Å². The van der Waals surface area contributed by atoms with Crippen molar-refractivity contribution in [3.8, 4) is 0 Å². The van der Waals surface area contributed by atoms with Gasteiger partial charge in [0.2, 0.25) is 0 Å². The smallest absolute Gasteiger partial charge is 0.323 e. The molecule has 0 amide bonds. The van der Waals surface area contributed by atoms with Gasteiger partial charge in [-0.1, -0.05) is 30.7 Å². The third kappa shape index (κ3) is 10.1. The second-order valence-electron chi connectivity index (χ2n) is 7.79. The number of carbonyl (C=O) groups is 2. The summed E-state index contributed by atoms with van der Waals surface area (Å²) in [5.41, 5.74) is 0.544. The zero-order chi connectivity index (χ0) is 21.2. The molecule has 0 saturated carbocycles. The first-order chi connectivity index (χ1) is 13.1. The van der Waals surface area contributed by atoms with Crippen LogP contribution in [-0.2, 0) is 19.1 Å². The Morgan fingerprint density at radius 2 is 1.82 bits per heavy atom. The molecular formula is C21H32ClNO5. The average Bonchev–Trinajstić information content (AvgIpc) is 2.60. The number of carbonyl (C=O) groups excluding carboxylic acids is 2. The molecule has 7 heteroatoms. The molecule has 2 N–H and O–H groups in total. The van der Waals surface area contributed by atoms with Crippen LogP contribution in [0.3, 0.4) is 0 Å². The highest BCUT2D eigenvalue weighted by molar-refractivity contribution is 6.30. The Morgan fingerprint density at radius 3 is 2.39 bits per heavy atom. The van der Waals surface area contributed by atoms with Gasteiger partial charge >= 0.3 is 11.9 Å². The number of rotatable bonds is 11. The number of aliphatic hydroxyl groups is 1. The Labute approximate surface area is 172 Å². The molecule has 0 aromatic heterocycles. The van der Waals surface area contributed by atoms with Crippen molar-refractivity contribution in [3.63, 3.8) is 0 Å². The summed E-state index contributed by atoms with van der Waals surface area (Å²) in [6, 6.07) is 7.00. The Morgan fingerprint density at radius 1 is 1.18 bits per heavy atom. The fraction of sp³-hybridized carbons (Fsp3) is 0.619. The highest BCUT2D eigenvalue weighted by Gasteiger charge is 2.23. The fourth-order valence-corrected chi connectivity index (χ4v) is 2.73. The zero-order valence-corrected chi connectivity index (χ0v) is 17.9. The summed E-state index contributed by atoms with van der Waals surface area (Å²) in [6.45, 7) is 7.47. The molecule has 0 aliphatic rings. The number of aliphatic hydroxyl groups excluding tert-OH is 1. The van der Waals surface area contributed by atoms with E-state index in [2.05, 4.69) is 12.2 Å². The Hall–Kier alpha value is -1.63. The number of hydrogen-bond donors (Lipinski definition) is 2. The van der Waals surface area contributed by atoms with Crippen LogP contribution < -0.4 is 5.32 Å². The summed E-state index contributed by atoms with van der Waals surface area (Å²) < 4.78 is 10.5. The van der Waals surface area contributed by atoms with E-state index in [0.29, 0.717) is 17.9 Å². The van der Waals surface area contributed by atoms with Crippen molar-refractivity contribution in [1.29, 1.82) is 0 Å². The molecule has 0 aliphatic carbocycles. The molecule has 2 unspecified atom stereocenters. The molecule has 0 fully saturated rings. The van der Waals surface area contributed by atoms with E-state index in [1.54, 1.807) is 20.8 Å². The van der Waals surface area contributed by atoms with Crippen molar-refractivity contribution in [2.45, 2.75) is 64.5 Å². The third-order valence-electron chi connectivity index (χ3n) is 4.07. The number of esters is 2. The van der Waals surface area contributed by atoms with E-state index in [1.165, 1.54) is 0 Å². The molecular weight excluding hydrogens is 382 g/mol. The van der Waals surface area contributed by atoms with Crippen molar-refractivity contribution >= 4 is 23.5 Å². The van der Waals surface area contributed by atoms with Crippen molar-refractivity contribution in [2.24, 2.45) is 0 Å². The molecule has 0 saturated heterocycles. The summed E-state index contributed by atoms with van der Waals surface area (Å²) in [7, 11) is 0. The van der Waals surface area contributed by atoms with E-state index >= 15 is 0 Å². The molecule has 1 aromatic carbocycles. The zero-order valence-electron chi connectivity index (χ0n) is 17.2. The molecule has 0 spiro atoms. The molecule has 2 atom stereocenters. The van der Waals surface area contributed by atoms with Gasteiger partial charge in [0.05, 0.1) is 13.2 Å². The minimum Gasteiger partial charge on any atom is -0.464 e. The highest BCUT2D eigenvalue weighted by atomic mass is 35.5. The number of benzene rings is 1. The SMILES string of the molecule is CC(CCC(NCC(=O)OC(C)(C)C)C(=O)OCCCO)c1ccc(Cl)cc1. The molecule has 28 heavy (non-hydrogen) atoms. The summed E-state index contributed by atoms with van der Waals surface area (Å²) in [4.78, 5) is 24.3. The van der Waals surface area contributed by atoms with E-state index in [9.17, 15) is 9.59 Å². The lowest BCUT2D eigenvalue weighted by Crippen LogP contribution is -2.42. The maximum atomic E-state index is 12.4. The van der Waals surface area contributed by atoms with E-state index in [1.807, 2.05) is 24.3 Å². The fourth-order valence-electron chi connectivity index (χ4n) is 2.60. The predicted octanol–water partition coefficient (Wildman–Crippen LogP) is 3.45. The normalized spacial score (nSPS) is 13.6. The Bertz CT molecular complexity index is 612. The monoisotopic (exact) mass is 413 g/mol.